The van der Waals surface area contributed by atoms with Crippen LogP contribution in [0.2, 0.25) is 0 Å². The predicted molar refractivity (Wildman–Crippen MR) is 137 cm³/mol. The van der Waals surface area contributed by atoms with Gasteiger partial charge in [-0.1, -0.05) is 48.5 Å². The van der Waals surface area contributed by atoms with Crippen LogP contribution >= 0.6 is 11.8 Å². The van der Waals surface area contributed by atoms with Crippen molar-refractivity contribution in [2.75, 3.05) is 16.9 Å². The molecule has 180 valence electrons. The molecule has 3 aromatic rings. The molecule has 2 fully saturated rings. The lowest BCUT2D eigenvalue weighted by atomic mass is 9.57. The minimum absolute atomic E-state index is 0.0414. The quantitative estimate of drug-likeness (QED) is 0.409. The van der Waals surface area contributed by atoms with Crippen LogP contribution in [0.4, 0.5) is 11.4 Å². The van der Waals surface area contributed by atoms with Gasteiger partial charge >= 0.3 is 0 Å². The first-order valence-electron chi connectivity index (χ1n) is 12.0. The number of aryl methyl sites for hydroxylation is 1. The number of anilines is 1. The average Bonchev–Trinajstić information content (AvgIpc) is 3.58. The number of nitrogens with one attached hydrogen (secondary N) is 1. The Bertz CT molecular complexity index is 1510. The fraction of sp³-hybridized carbons (Fsp3) is 0.286. The van der Waals surface area contributed by atoms with Crippen molar-refractivity contribution in [2.24, 2.45) is 5.41 Å². The third kappa shape index (κ3) is 2.39. The van der Waals surface area contributed by atoms with Crippen LogP contribution in [-0.2, 0) is 16.8 Å². The van der Waals surface area contributed by atoms with Crippen molar-refractivity contribution < 1.29 is 14.5 Å². The summed E-state index contributed by atoms with van der Waals surface area (Å²) in [5, 5.41) is 14.8. The van der Waals surface area contributed by atoms with Crippen molar-refractivity contribution in [3.63, 3.8) is 0 Å². The van der Waals surface area contributed by atoms with E-state index in [2.05, 4.69) is 29.3 Å². The van der Waals surface area contributed by atoms with Crippen LogP contribution in [0.3, 0.4) is 0 Å². The van der Waals surface area contributed by atoms with Crippen LogP contribution in [-0.4, -0.2) is 39.2 Å². The first-order chi connectivity index (χ1) is 17.4. The SMILES string of the molecule is Cc1ccccc1[C@H]1[C@@H]2CSCN2[C@@]2(C(=O)Nc3ccc([N+](=O)[O-])cc32)[C@@]12Cc1ccccc1C2=O. The number of fused-ring (bicyclic) bond motifs is 6. The summed E-state index contributed by atoms with van der Waals surface area (Å²) in [5.41, 5.74) is 2.28. The van der Waals surface area contributed by atoms with Gasteiger partial charge in [-0.2, -0.15) is 0 Å². The van der Waals surface area contributed by atoms with Crippen LogP contribution < -0.4 is 5.32 Å². The van der Waals surface area contributed by atoms with Crippen molar-refractivity contribution in [3.05, 3.63) is 105 Å². The number of nitrogens with zero attached hydrogens (tertiary/aromatic N) is 2. The van der Waals surface area contributed by atoms with E-state index in [1.165, 1.54) is 12.1 Å². The number of rotatable bonds is 2. The zero-order chi connectivity index (χ0) is 24.8. The number of thioether (sulfide) groups is 1. The van der Waals surface area contributed by atoms with Crippen LogP contribution in [0.5, 0.6) is 0 Å². The number of amides is 1. The van der Waals surface area contributed by atoms with E-state index < -0.39 is 15.9 Å². The number of non-ortho nitro benzene ring substituents is 1. The number of Topliss-reactive ketones (excluding diaryl/α,β-unsaturated/α-hetero) is 1. The molecule has 0 radical (unpaired) electrons. The molecule has 3 aliphatic heterocycles. The van der Waals surface area contributed by atoms with Crippen molar-refractivity contribution >= 4 is 34.8 Å². The molecule has 1 amide bonds. The van der Waals surface area contributed by atoms with Gasteiger partial charge in [-0.05, 0) is 36.1 Å². The maximum atomic E-state index is 14.7. The Kier molecular flexibility index (Phi) is 4.40. The molecule has 2 spiro atoms. The number of hydrogen-bond acceptors (Lipinski definition) is 6. The number of carbonyl (C=O) groups excluding carboxylic acids is 2. The Labute approximate surface area is 212 Å². The predicted octanol–water partition coefficient (Wildman–Crippen LogP) is 4.65. The Balaban J connectivity index is 1.60. The highest BCUT2D eigenvalue weighted by Gasteiger charge is 2.79. The number of nitro benzene ring substituents is 1. The molecule has 0 saturated carbocycles. The molecule has 4 aliphatic rings. The maximum absolute atomic E-state index is 14.7. The van der Waals surface area contributed by atoms with E-state index in [0.717, 1.165) is 22.4 Å². The average molecular weight is 498 g/mol. The molecular formula is C28H23N3O4S. The van der Waals surface area contributed by atoms with Crippen molar-refractivity contribution in [1.82, 2.24) is 4.90 Å². The summed E-state index contributed by atoms with van der Waals surface area (Å²) < 4.78 is 0. The molecule has 36 heavy (non-hydrogen) atoms. The zero-order valence-electron chi connectivity index (χ0n) is 19.6. The molecule has 7 nitrogen and oxygen atoms in total. The van der Waals surface area contributed by atoms with Crippen molar-refractivity contribution in [1.29, 1.82) is 0 Å². The van der Waals surface area contributed by atoms with E-state index in [-0.39, 0.29) is 29.3 Å². The molecule has 3 heterocycles. The highest BCUT2D eigenvalue weighted by molar-refractivity contribution is 7.99. The van der Waals surface area contributed by atoms with Crippen LogP contribution in [0.15, 0.2) is 66.7 Å². The monoisotopic (exact) mass is 497 g/mol. The Hall–Kier alpha value is -3.49. The first kappa shape index (κ1) is 21.8. The largest absolute Gasteiger partial charge is 0.324 e. The molecule has 0 aromatic heterocycles. The minimum atomic E-state index is -1.34. The first-order valence-corrected chi connectivity index (χ1v) is 13.2. The molecule has 2 saturated heterocycles. The fourth-order valence-corrected chi connectivity index (χ4v) is 8.78. The summed E-state index contributed by atoms with van der Waals surface area (Å²) in [4.78, 5) is 42.6. The lowest BCUT2D eigenvalue weighted by Gasteiger charge is -2.44. The second-order valence-corrected chi connectivity index (χ2v) is 11.2. The summed E-state index contributed by atoms with van der Waals surface area (Å²) in [7, 11) is 0. The zero-order valence-corrected chi connectivity index (χ0v) is 20.4. The second kappa shape index (κ2) is 7.27. The topological polar surface area (TPSA) is 92.6 Å². The maximum Gasteiger partial charge on any atom is 0.269 e. The number of benzene rings is 3. The van der Waals surface area contributed by atoms with E-state index in [9.17, 15) is 19.7 Å². The van der Waals surface area contributed by atoms with Gasteiger partial charge in [-0.25, -0.2) is 0 Å². The van der Waals surface area contributed by atoms with Crippen LogP contribution in [0.1, 0.15) is 38.5 Å². The lowest BCUT2D eigenvalue weighted by molar-refractivity contribution is -0.385. The number of ketones is 1. The normalized spacial score (nSPS) is 30.0. The molecule has 1 aliphatic carbocycles. The van der Waals surface area contributed by atoms with Gasteiger partial charge in [0.2, 0.25) is 0 Å². The van der Waals surface area contributed by atoms with Gasteiger partial charge < -0.3 is 5.32 Å². The Morgan fingerprint density at radius 3 is 2.64 bits per heavy atom. The number of hydrogen-bond donors (Lipinski definition) is 1. The van der Waals surface area contributed by atoms with Crippen molar-refractivity contribution in [3.8, 4) is 0 Å². The summed E-state index contributed by atoms with van der Waals surface area (Å²) in [6.07, 6.45) is 0.411. The number of carbonyl (C=O) groups is 2. The van der Waals surface area contributed by atoms with Gasteiger partial charge in [0, 0.05) is 52.5 Å². The summed E-state index contributed by atoms with van der Waals surface area (Å²) in [5.74, 6) is 0.810. The lowest BCUT2D eigenvalue weighted by Crippen LogP contribution is -2.58. The van der Waals surface area contributed by atoms with Gasteiger partial charge in [0.25, 0.3) is 11.6 Å². The van der Waals surface area contributed by atoms with E-state index in [4.69, 9.17) is 0 Å². The molecule has 7 rings (SSSR count). The third-order valence-electron chi connectivity index (χ3n) is 8.75. The Morgan fingerprint density at radius 2 is 1.86 bits per heavy atom. The third-order valence-corrected chi connectivity index (χ3v) is 9.79. The van der Waals surface area contributed by atoms with Gasteiger partial charge in [-0.15, -0.1) is 11.8 Å². The smallest absolute Gasteiger partial charge is 0.269 e. The fourth-order valence-electron chi connectivity index (χ4n) is 7.48. The molecular weight excluding hydrogens is 474 g/mol. The van der Waals surface area contributed by atoms with Crippen LogP contribution in [0, 0.1) is 22.5 Å². The second-order valence-electron chi connectivity index (χ2n) is 10.2. The molecule has 0 unspecified atom stereocenters. The van der Waals surface area contributed by atoms with E-state index in [0.29, 0.717) is 29.1 Å². The minimum Gasteiger partial charge on any atom is -0.324 e. The van der Waals surface area contributed by atoms with Crippen LogP contribution in [0.25, 0.3) is 0 Å². The highest BCUT2D eigenvalue weighted by Crippen LogP contribution is 2.70. The van der Waals surface area contributed by atoms with E-state index in [1.54, 1.807) is 17.8 Å². The summed E-state index contributed by atoms with van der Waals surface area (Å²) in [6.45, 7) is 2.06. The molecule has 1 N–H and O–H groups in total. The standard InChI is InChI=1S/C28H23N3O4S/c1-16-6-2-4-8-19(16)24-23-14-36-15-30(23)28(27(24)13-17-7-3-5-9-20(17)25(27)32)21-12-18(31(34)35)10-11-22(21)29-26(28)33/h2-12,23-24H,13-15H2,1H3,(H,29,33)/t23-,24-,27-,28-/m0/s1. The molecule has 0 bridgehead atoms. The van der Waals surface area contributed by atoms with Crippen molar-refractivity contribution in [2.45, 2.75) is 30.8 Å². The summed E-state index contributed by atoms with van der Waals surface area (Å²) >= 11 is 1.75. The molecule has 3 aromatic carbocycles. The van der Waals surface area contributed by atoms with Gasteiger partial charge in [0.1, 0.15) is 5.54 Å². The van der Waals surface area contributed by atoms with Gasteiger partial charge in [0.15, 0.2) is 5.78 Å². The van der Waals surface area contributed by atoms with Gasteiger partial charge in [-0.3, -0.25) is 24.6 Å². The van der Waals surface area contributed by atoms with Gasteiger partial charge in [0.05, 0.1) is 10.3 Å². The highest BCUT2D eigenvalue weighted by atomic mass is 32.2. The molecule has 8 heteroatoms. The Morgan fingerprint density at radius 1 is 1.08 bits per heavy atom. The molecule has 4 atom stereocenters. The number of nitro groups is 1. The summed E-state index contributed by atoms with van der Waals surface area (Å²) in [6, 6.07) is 20.2. The van der Waals surface area contributed by atoms with E-state index >= 15 is 0 Å². The van der Waals surface area contributed by atoms with E-state index in [1.807, 2.05) is 36.4 Å².